The van der Waals surface area contributed by atoms with E-state index in [4.69, 9.17) is 17.0 Å². The Morgan fingerprint density at radius 2 is 1.93 bits per heavy atom. The fourth-order valence-electron chi connectivity index (χ4n) is 2.38. The van der Waals surface area contributed by atoms with E-state index in [0.29, 0.717) is 16.2 Å². The Kier molecular flexibility index (Phi) is 5.88. The fourth-order valence-corrected chi connectivity index (χ4v) is 3.63. The van der Waals surface area contributed by atoms with Crippen molar-refractivity contribution >= 4 is 46.3 Å². The van der Waals surface area contributed by atoms with Crippen LogP contribution in [0.3, 0.4) is 0 Å². The molecule has 1 fully saturated rings. The lowest BCUT2D eigenvalue weighted by atomic mass is 10.1. The predicted molar refractivity (Wildman–Crippen MR) is 102 cm³/mol. The van der Waals surface area contributed by atoms with Crippen LogP contribution in [0, 0.1) is 5.82 Å². The minimum absolute atomic E-state index is 0.167. The number of benzene rings is 2. The molecule has 1 aliphatic rings. The van der Waals surface area contributed by atoms with E-state index in [0.717, 1.165) is 22.2 Å². The van der Waals surface area contributed by atoms with Gasteiger partial charge in [-0.15, -0.1) is 0 Å². The summed E-state index contributed by atoms with van der Waals surface area (Å²) in [5.74, 6) is -1.65. The molecule has 1 amide bonds. The zero-order chi connectivity index (χ0) is 19.4. The third-order valence-corrected chi connectivity index (χ3v) is 5.05. The van der Waals surface area contributed by atoms with Crippen molar-refractivity contribution in [3.63, 3.8) is 0 Å². The van der Waals surface area contributed by atoms with Crippen LogP contribution in [0.1, 0.15) is 11.1 Å². The molecule has 8 heteroatoms. The second-order valence-corrected chi connectivity index (χ2v) is 7.27. The number of halogens is 1. The van der Waals surface area contributed by atoms with E-state index < -0.39 is 18.4 Å². The lowest BCUT2D eigenvalue weighted by Gasteiger charge is -2.14. The molecule has 0 saturated carbocycles. The van der Waals surface area contributed by atoms with Crippen molar-refractivity contribution in [2.75, 3.05) is 6.54 Å². The van der Waals surface area contributed by atoms with Crippen LogP contribution >= 0.6 is 24.0 Å². The lowest BCUT2D eigenvalue weighted by Crippen LogP contribution is -2.40. The highest BCUT2D eigenvalue weighted by atomic mass is 32.2. The maximum absolute atomic E-state index is 13.0. The van der Waals surface area contributed by atoms with Crippen molar-refractivity contribution in [2.24, 2.45) is 0 Å². The van der Waals surface area contributed by atoms with Gasteiger partial charge in [-0.3, -0.25) is 9.69 Å². The van der Waals surface area contributed by atoms with Crippen molar-refractivity contribution in [1.29, 1.82) is 0 Å². The van der Waals surface area contributed by atoms with Crippen molar-refractivity contribution < 1.29 is 23.8 Å². The highest BCUT2D eigenvalue weighted by molar-refractivity contribution is 8.26. The number of aliphatic carboxylic acids is 1. The van der Waals surface area contributed by atoms with Gasteiger partial charge in [0.1, 0.15) is 22.5 Å². The van der Waals surface area contributed by atoms with Crippen molar-refractivity contribution in [1.82, 2.24) is 4.90 Å². The summed E-state index contributed by atoms with van der Waals surface area (Å²) in [6.45, 7) is -0.346. The Morgan fingerprint density at radius 1 is 1.22 bits per heavy atom. The molecule has 2 aromatic carbocycles. The molecule has 0 N–H and O–H groups in total. The van der Waals surface area contributed by atoms with E-state index in [1.165, 1.54) is 12.1 Å². The van der Waals surface area contributed by atoms with Crippen LogP contribution in [-0.4, -0.2) is 27.6 Å². The third-order valence-electron chi connectivity index (χ3n) is 3.67. The molecule has 0 bridgehead atoms. The number of nitrogens with zero attached hydrogens (tertiary/aromatic N) is 1. The molecule has 0 aliphatic carbocycles. The minimum Gasteiger partial charge on any atom is -0.548 e. The van der Waals surface area contributed by atoms with Crippen molar-refractivity contribution in [3.05, 3.63) is 70.4 Å². The highest BCUT2D eigenvalue weighted by Gasteiger charge is 2.32. The Morgan fingerprint density at radius 3 is 2.63 bits per heavy atom. The van der Waals surface area contributed by atoms with Gasteiger partial charge in [-0.2, -0.15) is 0 Å². The molecule has 2 aromatic rings. The van der Waals surface area contributed by atoms with Gasteiger partial charge >= 0.3 is 0 Å². The van der Waals surface area contributed by atoms with E-state index in [9.17, 15) is 19.1 Å². The number of carbonyl (C=O) groups excluding carboxylic acids is 2. The molecule has 0 spiro atoms. The smallest absolute Gasteiger partial charge is 0.266 e. The number of thioether (sulfide) groups is 1. The first kappa shape index (κ1) is 19.1. The molecule has 0 aromatic heterocycles. The normalized spacial score (nSPS) is 15.4. The number of hydrogen-bond donors (Lipinski definition) is 0. The van der Waals surface area contributed by atoms with Crippen molar-refractivity contribution in [3.8, 4) is 5.75 Å². The van der Waals surface area contributed by atoms with Crippen LogP contribution in [-0.2, 0) is 16.2 Å². The zero-order valence-corrected chi connectivity index (χ0v) is 15.5. The summed E-state index contributed by atoms with van der Waals surface area (Å²) >= 11 is 6.09. The first-order valence-electron chi connectivity index (χ1n) is 7.85. The molecular formula is C19H13FNO4S2-. The maximum atomic E-state index is 13.0. The number of ether oxygens (including phenoxy) is 1. The van der Waals surface area contributed by atoms with Crippen molar-refractivity contribution in [2.45, 2.75) is 6.61 Å². The van der Waals surface area contributed by atoms with Gasteiger partial charge in [-0.1, -0.05) is 54.3 Å². The topological polar surface area (TPSA) is 69.7 Å². The Hall–Kier alpha value is -2.71. The molecule has 1 aliphatic heterocycles. The number of carboxylic acid groups (broad SMARTS) is 1. The number of amides is 1. The Balaban J connectivity index is 1.78. The molecule has 0 radical (unpaired) electrons. The molecular weight excluding hydrogens is 389 g/mol. The quantitative estimate of drug-likeness (QED) is 0.546. The highest BCUT2D eigenvalue weighted by Crippen LogP contribution is 2.34. The third kappa shape index (κ3) is 4.72. The minimum atomic E-state index is -1.38. The molecule has 5 nitrogen and oxygen atoms in total. The number of para-hydroxylation sites is 1. The first-order valence-corrected chi connectivity index (χ1v) is 9.08. The summed E-state index contributed by atoms with van der Waals surface area (Å²) < 4.78 is 18.9. The average Bonchev–Trinajstić information content (AvgIpc) is 2.89. The number of thiocarbonyl (C=S) groups is 1. The van der Waals surface area contributed by atoms with Crippen LogP contribution in [0.25, 0.3) is 6.08 Å². The SMILES string of the molecule is O=C([O-])CN1C(=O)/C(=C\c2ccccc2OCc2ccc(F)cc2)SC1=S. The van der Waals surface area contributed by atoms with Crippen LogP contribution in [0.2, 0.25) is 0 Å². The number of carbonyl (C=O) groups is 2. The van der Waals surface area contributed by atoms with Gasteiger partial charge in [0.15, 0.2) is 0 Å². The Labute approximate surface area is 164 Å². The largest absolute Gasteiger partial charge is 0.548 e. The number of hydrogen-bond acceptors (Lipinski definition) is 6. The summed E-state index contributed by atoms with van der Waals surface area (Å²) in [6, 6.07) is 13.1. The van der Waals surface area contributed by atoms with E-state index in [1.54, 1.807) is 42.5 Å². The van der Waals surface area contributed by atoms with Crippen LogP contribution in [0.15, 0.2) is 53.4 Å². The Bertz CT molecular complexity index is 928. The maximum Gasteiger partial charge on any atom is 0.266 e. The summed E-state index contributed by atoms with van der Waals surface area (Å²) in [4.78, 5) is 24.4. The van der Waals surface area contributed by atoms with E-state index in [2.05, 4.69) is 0 Å². The average molecular weight is 402 g/mol. The van der Waals surface area contributed by atoms with E-state index in [-0.39, 0.29) is 16.7 Å². The van der Waals surface area contributed by atoms with Gasteiger partial charge in [-0.05, 0) is 29.8 Å². The summed E-state index contributed by atoms with van der Waals surface area (Å²) in [5, 5.41) is 10.8. The second-order valence-electron chi connectivity index (χ2n) is 5.59. The molecule has 138 valence electrons. The first-order chi connectivity index (χ1) is 12.9. The van der Waals surface area contributed by atoms with Gasteiger partial charge < -0.3 is 14.6 Å². The predicted octanol–water partition coefficient (Wildman–Crippen LogP) is 2.36. The standard InChI is InChI=1S/C19H14FNO4S2/c20-14-7-5-12(6-8-14)11-25-15-4-2-1-3-13(15)9-16-18(24)21(10-17(22)23)19(26)27-16/h1-9H,10-11H2,(H,22,23)/p-1/b16-9+. The summed E-state index contributed by atoms with van der Waals surface area (Å²) in [7, 11) is 0. The molecule has 27 heavy (non-hydrogen) atoms. The molecule has 3 rings (SSSR count). The van der Waals surface area contributed by atoms with Crippen LogP contribution < -0.4 is 9.84 Å². The molecule has 1 saturated heterocycles. The summed E-state index contributed by atoms with van der Waals surface area (Å²) in [6.07, 6.45) is 1.61. The molecule has 0 unspecified atom stereocenters. The van der Waals surface area contributed by atoms with Crippen LogP contribution in [0.5, 0.6) is 5.75 Å². The summed E-state index contributed by atoms with van der Waals surface area (Å²) in [5.41, 5.74) is 1.44. The van der Waals surface area contributed by atoms with E-state index in [1.807, 2.05) is 0 Å². The van der Waals surface area contributed by atoms with Crippen LogP contribution in [0.4, 0.5) is 4.39 Å². The lowest BCUT2D eigenvalue weighted by molar-refractivity contribution is -0.305. The van der Waals surface area contributed by atoms with Gasteiger partial charge in [0.05, 0.1) is 17.4 Å². The number of rotatable bonds is 6. The monoisotopic (exact) mass is 402 g/mol. The van der Waals surface area contributed by atoms with Gasteiger partial charge in [0.2, 0.25) is 0 Å². The molecule has 0 atom stereocenters. The zero-order valence-electron chi connectivity index (χ0n) is 13.9. The number of carboxylic acids is 1. The van der Waals surface area contributed by atoms with Gasteiger partial charge in [0, 0.05) is 5.56 Å². The van der Waals surface area contributed by atoms with Gasteiger partial charge in [-0.25, -0.2) is 4.39 Å². The van der Waals surface area contributed by atoms with Gasteiger partial charge in [0.25, 0.3) is 5.91 Å². The second kappa shape index (κ2) is 8.32. The molecule has 1 heterocycles. The fraction of sp³-hybridized carbons (Fsp3) is 0.105. The van der Waals surface area contributed by atoms with E-state index >= 15 is 0 Å².